The molecule has 0 unspecified atom stereocenters. The summed E-state index contributed by atoms with van der Waals surface area (Å²) >= 11 is 0. The number of hydrogen-bond acceptors (Lipinski definition) is 3. The lowest BCUT2D eigenvalue weighted by Crippen LogP contribution is -2.15. The molecule has 0 radical (unpaired) electrons. The van der Waals surface area contributed by atoms with Gasteiger partial charge in [-0.2, -0.15) is 0 Å². The molecule has 1 aromatic heterocycles. The molecule has 0 bridgehead atoms. The monoisotopic (exact) mass is 390 g/mol. The molecule has 0 aliphatic heterocycles. The fraction of sp³-hybridized carbons (Fsp3) is 0.333. The van der Waals surface area contributed by atoms with Gasteiger partial charge in [0, 0.05) is 28.7 Å². The molecule has 1 aliphatic carbocycles. The predicted molar refractivity (Wildman–Crippen MR) is 115 cm³/mol. The van der Waals surface area contributed by atoms with Gasteiger partial charge in [0.1, 0.15) is 5.58 Å². The Morgan fingerprint density at radius 2 is 1.59 bits per heavy atom. The van der Waals surface area contributed by atoms with E-state index in [1.165, 1.54) is 17.5 Å². The van der Waals surface area contributed by atoms with E-state index in [-0.39, 0.29) is 18.2 Å². The highest BCUT2D eigenvalue weighted by Crippen LogP contribution is 2.30. The summed E-state index contributed by atoms with van der Waals surface area (Å²) in [6.45, 7) is 4.02. The van der Waals surface area contributed by atoms with Crippen LogP contribution >= 0.6 is 0 Å². The Morgan fingerprint density at radius 1 is 0.966 bits per heavy atom. The predicted octanol–water partition coefficient (Wildman–Crippen LogP) is 5.09. The van der Waals surface area contributed by atoms with Crippen LogP contribution in [0.3, 0.4) is 0 Å². The molecule has 2 amide bonds. The molecule has 3 aromatic rings. The molecule has 0 spiro atoms. The molecule has 0 saturated heterocycles. The minimum Gasteiger partial charge on any atom is -0.464 e. The lowest BCUT2D eigenvalue weighted by molar-refractivity contribution is -0.117. The molecular formula is C24H26N2O3. The Labute approximate surface area is 170 Å². The van der Waals surface area contributed by atoms with Crippen LogP contribution in [0.15, 0.2) is 47.1 Å². The molecule has 150 valence electrons. The molecule has 0 fully saturated rings. The Hall–Kier alpha value is -3.08. The first-order valence-corrected chi connectivity index (χ1v) is 10.2. The number of nitrogens with one attached hydrogen (secondary N) is 2. The van der Waals surface area contributed by atoms with E-state index >= 15 is 0 Å². The number of aryl methyl sites for hydroxylation is 2. The number of fused-ring (bicyclic) bond motifs is 2. The summed E-state index contributed by atoms with van der Waals surface area (Å²) in [5, 5.41) is 6.81. The summed E-state index contributed by atoms with van der Waals surface area (Å²) in [7, 11) is 0. The van der Waals surface area contributed by atoms with E-state index in [0.717, 1.165) is 35.1 Å². The van der Waals surface area contributed by atoms with E-state index in [1.807, 2.05) is 13.8 Å². The zero-order chi connectivity index (χ0) is 20.4. The molecule has 1 heterocycles. The molecule has 0 saturated carbocycles. The Kier molecular flexibility index (Phi) is 5.38. The maximum absolute atomic E-state index is 12.5. The number of anilines is 2. The molecular weight excluding hydrogens is 364 g/mol. The van der Waals surface area contributed by atoms with E-state index < -0.39 is 0 Å². The summed E-state index contributed by atoms with van der Waals surface area (Å²) in [5.74, 6) is 0.216. The zero-order valence-electron chi connectivity index (χ0n) is 16.9. The summed E-state index contributed by atoms with van der Waals surface area (Å²) in [5.41, 5.74) is 5.92. The van der Waals surface area contributed by atoms with Crippen LogP contribution in [0, 0.1) is 5.92 Å². The summed E-state index contributed by atoms with van der Waals surface area (Å²) in [4.78, 5) is 24.4. The van der Waals surface area contributed by atoms with Crippen LogP contribution in [0.2, 0.25) is 0 Å². The Bertz CT molecular complexity index is 1050. The summed E-state index contributed by atoms with van der Waals surface area (Å²) in [6, 6.07) is 11.5. The van der Waals surface area contributed by atoms with Gasteiger partial charge < -0.3 is 15.1 Å². The second kappa shape index (κ2) is 8.11. The number of carbonyl (C=O) groups is 2. The average Bonchev–Trinajstić information content (AvgIpc) is 3.27. The van der Waals surface area contributed by atoms with Crippen LogP contribution in [0.5, 0.6) is 0 Å². The molecule has 0 atom stereocenters. The number of furan rings is 1. The number of hydrogen-bond donors (Lipinski definition) is 2. The standard InChI is InChI=1S/C24H26N2O3/c1-15(2)10-23(27)25-19-6-8-20(9-7-19)26-24(28)13-18-14-29-22-12-17-5-3-4-16(17)11-21(18)22/h6-9,11-12,14-15H,3-5,10,13H2,1-2H3,(H,25,27)(H,26,28). The van der Waals surface area contributed by atoms with Crippen molar-refractivity contribution in [3.63, 3.8) is 0 Å². The normalized spacial score (nSPS) is 12.9. The van der Waals surface area contributed by atoms with Gasteiger partial charge in [0.15, 0.2) is 0 Å². The first kappa shape index (κ1) is 19.2. The van der Waals surface area contributed by atoms with Crippen LogP contribution in [-0.4, -0.2) is 11.8 Å². The highest BCUT2D eigenvalue weighted by atomic mass is 16.3. The Balaban J connectivity index is 1.39. The summed E-state index contributed by atoms with van der Waals surface area (Å²) < 4.78 is 5.69. The smallest absolute Gasteiger partial charge is 0.228 e. The topological polar surface area (TPSA) is 71.3 Å². The third kappa shape index (κ3) is 4.50. The lowest BCUT2D eigenvalue weighted by atomic mass is 10.0. The van der Waals surface area contributed by atoms with Gasteiger partial charge in [-0.15, -0.1) is 0 Å². The van der Waals surface area contributed by atoms with E-state index in [1.54, 1.807) is 30.5 Å². The second-order valence-corrected chi connectivity index (χ2v) is 8.18. The van der Waals surface area contributed by atoms with Crippen LogP contribution in [-0.2, 0) is 28.9 Å². The van der Waals surface area contributed by atoms with Crippen molar-refractivity contribution in [3.05, 3.63) is 59.4 Å². The van der Waals surface area contributed by atoms with Crippen molar-refractivity contribution in [1.29, 1.82) is 0 Å². The third-order valence-electron chi connectivity index (χ3n) is 5.27. The highest BCUT2D eigenvalue weighted by Gasteiger charge is 2.17. The van der Waals surface area contributed by atoms with Gasteiger partial charge in [-0.3, -0.25) is 9.59 Å². The van der Waals surface area contributed by atoms with Gasteiger partial charge >= 0.3 is 0 Å². The Morgan fingerprint density at radius 3 is 2.24 bits per heavy atom. The second-order valence-electron chi connectivity index (χ2n) is 8.18. The van der Waals surface area contributed by atoms with Gasteiger partial charge in [-0.1, -0.05) is 13.8 Å². The number of carbonyl (C=O) groups excluding carboxylic acids is 2. The number of amides is 2. The fourth-order valence-electron chi connectivity index (χ4n) is 3.88. The molecule has 5 nitrogen and oxygen atoms in total. The van der Waals surface area contributed by atoms with E-state index in [9.17, 15) is 9.59 Å². The van der Waals surface area contributed by atoms with Crippen molar-refractivity contribution >= 4 is 34.2 Å². The maximum atomic E-state index is 12.5. The van der Waals surface area contributed by atoms with Gasteiger partial charge in [0.25, 0.3) is 0 Å². The lowest BCUT2D eigenvalue weighted by Gasteiger charge is -2.09. The zero-order valence-corrected chi connectivity index (χ0v) is 16.9. The molecule has 29 heavy (non-hydrogen) atoms. The molecule has 2 aromatic carbocycles. The van der Waals surface area contributed by atoms with Crippen LogP contribution < -0.4 is 10.6 Å². The van der Waals surface area contributed by atoms with Crippen LogP contribution in [0.4, 0.5) is 11.4 Å². The SMILES string of the molecule is CC(C)CC(=O)Nc1ccc(NC(=O)Cc2coc3cc4c(cc23)CCC4)cc1. The highest BCUT2D eigenvalue weighted by molar-refractivity contribution is 5.96. The molecule has 4 rings (SSSR count). The number of rotatable bonds is 6. The van der Waals surface area contributed by atoms with E-state index in [0.29, 0.717) is 18.0 Å². The van der Waals surface area contributed by atoms with Gasteiger partial charge in [0.2, 0.25) is 11.8 Å². The third-order valence-corrected chi connectivity index (χ3v) is 5.27. The fourth-order valence-corrected chi connectivity index (χ4v) is 3.88. The first-order valence-electron chi connectivity index (χ1n) is 10.2. The van der Waals surface area contributed by atoms with Crippen molar-refractivity contribution in [1.82, 2.24) is 0 Å². The van der Waals surface area contributed by atoms with Crippen LogP contribution in [0.25, 0.3) is 11.0 Å². The average molecular weight is 390 g/mol. The van der Waals surface area contributed by atoms with E-state index in [2.05, 4.69) is 22.8 Å². The van der Waals surface area contributed by atoms with Crippen molar-refractivity contribution in [3.8, 4) is 0 Å². The van der Waals surface area contributed by atoms with E-state index in [4.69, 9.17) is 4.42 Å². The molecule has 5 heteroatoms. The quantitative estimate of drug-likeness (QED) is 0.616. The summed E-state index contributed by atoms with van der Waals surface area (Å²) in [6.07, 6.45) is 5.83. The largest absolute Gasteiger partial charge is 0.464 e. The van der Waals surface area contributed by atoms with Crippen molar-refractivity contribution in [2.45, 2.75) is 46.0 Å². The minimum absolute atomic E-state index is 0.00453. The molecule has 2 N–H and O–H groups in total. The van der Waals surface area contributed by atoms with Gasteiger partial charge in [-0.05, 0) is 72.7 Å². The van der Waals surface area contributed by atoms with Gasteiger partial charge in [0.05, 0.1) is 12.7 Å². The first-order chi connectivity index (χ1) is 14.0. The van der Waals surface area contributed by atoms with Gasteiger partial charge in [-0.25, -0.2) is 0 Å². The van der Waals surface area contributed by atoms with Crippen LogP contribution in [0.1, 0.15) is 43.4 Å². The van der Waals surface area contributed by atoms with Crippen molar-refractivity contribution in [2.24, 2.45) is 5.92 Å². The van der Waals surface area contributed by atoms with Crippen molar-refractivity contribution < 1.29 is 14.0 Å². The maximum Gasteiger partial charge on any atom is 0.228 e. The molecule has 1 aliphatic rings. The number of benzene rings is 2. The van der Waals surface area contributed by atoms with Crippen molar-refractivity contribution in [2.75, 3.05) is 10.6 Å². The minimum atomic E-state index is -0.0928.